The summed E-state index contributed by atoms with van der Waals surface area (Å²) in [7, 11) is 0. The molecule has 2 aromatic rings. The molecule has 1 atom stereocenters. The fourth-order valence-corrected chi connectivity index (χ4v) is 3.15. The van der Waals surface area contributed by atoms with Crippen LogP contribution in [0.15, 0.2) is 48.5 Å². The number of esters is 1. The molecule has 0 bridgehead atoms. The minimum atomic E-state index is -0.394. The maximum absolute atomic E-state index is 12.5. The van der Waals surface area contributed by atoms with Crippen LogP contribution in [0, 0.1) is 0 Å². The van der Waals surface area contributed by atoms with E-state index in [-0.39, 0.29) is 6.10 Å². The molecule has 0 aromatic heterocycles. The summed E-state index contributed by atoms with van der Waals surface area (Å²) in [6, 6.07) is 14.7. The van der Waals surface area contributed by atoms with E-state index in [1.165, 1.54) is 32.1 Å². The van der Waals surface area contributed by atoms with Crippen molar-refractivity contribution in [3.63, 3.8) is 0 Å². The van der Waals surface area contributed by atoms with Crippen LogP contribution in [0.25, 0.3) is 0 Å². The largest absolute Gasteiger partial charge is 0.490 e. The molecule has 0 aliphatic heterocycles. The van der Waals surface area contributed by atoms with E-state index in [4.69, 9.17) is 14.2 Å². The quantitative estimate of drug-likeness (QED) is 0.188. The number of hydrogen-bond donors (Lipinski definition) is 0. The molecule has 0 amide bonds. The van der Waals surface area contributed by atoms with Crippen molar-refractivity contribution in [3.8, 4) is 11.5 Å². The fraction of sp³-hybridized carbons (Fsp3) is 0.500. The van der Waals surface area contributed by atoms with Crippen molar-refractivity contribution in [1.29, 1.82) is 0 Å². The van der Waals surface area contributed by atoms with Gasteiger partial charge in [-0.3, -0.25) is 0 Å². The van der Waals surface area contributed by atoms with Gasteiger partial charge in [0.1, 0.15) is 0 Å². The highest BCUT2D eigenvalue weighted by atomic mass is 16.6. The van der Waals surface area contributed by atoms with Gasteiger partial charge in [-0.15, -0.1) is 0 Å². The van der Waals surface area contributed by atoms with Crippen LogP contribution in [0.2, 0.25) is 0 Å². The number of unbranched alkanes of at least 4 members (excludes halogenated alkanes) is 5. The summed E-state index contributed by atoms with van der Waals surface area (Å²) >= 11 is 0. The smallest absolute Gasteiger partial charge is 0.343 e. The molecule has 0 radical (unpaired) electrons. The normalized spacial score (nSPS) is 11.8. The standard InChI is InChI=1S/C26H36O4/c1-4-6-7-8-9-12-20-28-21(3)22-15-17-23(18-16-22)26(27)30-25-14-11-10-13-24(25)29-19-5-2/h10-11,13-18,21H,4-9,12,19-20H2,1-3H3. The monoisotopic (exact) mass is 412 g/mol. The summed E-state index contributed by atoms with van der Waals surface area (Å²) in [5.41, 5.74) is 1.57. The molecule has 0 saturated carbocycles. The number of rotatable bonds is 14. The highest BCUT2D eigenvalue weighted by Gasteiger charge is 2.13. The molecule has 4 nitrogen and oxygen atoms in total. The SMILES string of the molecule is CCCCCCCCOC(C)c1ccc(C(=O)Oc2ccccc2OCCC)cc1. The highest BCUT2D eigenvalue weighted by molar-refractivity contribution is 5.91. The van der Waals surface area contributed by atoms with Crippen LogP contribution in [0.4, 0.5) is 0 Å². The topological polar surface area (TPSA) is 44.8 Å². The van der Waals surface area contributed by atoms with E-state index in [0.717, 1.165) is 25.0 Å². The van der Waals surface area contributed by atoms with Crippen molar-refractivity contribution in [1.82, 2.24) is 0 Å². The van der Waals surface area contributed by atoms with Crippen molar-refractivity contribution in [2.45, 2.75) is 71.8 Å². The molecule has 164 valence electrons. The van der Waals surface area contributed by atoms with Crippen molar-refractivity contribution in [2.24, 2.45) is 0 Å². The minimum Gasteiger partial charge on any atom is -0.490 e. The zero-order valence-corrected chi connectivity index (χ0v) is 18.7. The summed E-state index contributed by atoms with van der Waals surface area (Å²) in [5.74, 6) is 0.631. The lowest BCUT2D eigenvalue weighted by Crippen LogP contribution is -2.10. The maximum Gasteiger partial charge on any atom is 0.343 e. The van der Waals surface area contributed by atoms with Crippen LogP contribution < -0.4 is 9.47 Å². The van der Waals surface area contributed by atoms with Crippen LogP contribution in [-0.4, -0.2) is 19.2 Å². The molecule has 0 heterocycles. The second-order valence-electron chi connectivity index (χ2n) is 7.59. The number of para-hydroxylation sites is 2. The molecular weight excluding hydrogens is 376 g/mol. The molecule has 4 heteroatoms. The van der Waals surface area contributed by atoms with E-state index in [0.29, 0.717) is 23.7 Å². The Hall–Kier alpha value is -2.33. The van der Waals surface area contributed by atoms with Crippen LogP contribution in [-0.2, 0) is 4.74 Å². The third-order valence-electron chi connectivity index (χ3n) is 5.00. The molecule has 0 saturated heterocycles. The van der Waals surface area contributed by atoms with Gasteiger partial charge in [-0.1, -0.05) is 70.2 Å². The average molecular weight is 413 g/mol. The number of benzene rings is 2. The van der Waals surface area contributed by atoms with Gasteiger partial charge in [0.05, 0.1) is 18.3 Å². The second kappa shape index (κ2) is 13.8. The summed E-state index contributed by atoms with van der Waals surface area (Å²) < 4.78 is 17.2. The molecule has 2 aromatic carbocycles. The molecule has 0 aliphatic carbocycles. The predicted molar refractivity (Wildman–Crippen MR) is 121 cm³/mol. The highest BCUT2D eigenvalue weighted by Crippen LogP contribution is 2.27. The van der Waals surface area contributed by atoms with E-state index >= 15 is 0 Å². The molecule has 0 fully saturated rings. The zero-order chi connectivity index (χ0) is 21.6. The van der Waals surface area contributed by atoms with Gasteiger partial charge in [-0.2, -0.15) is 0 Å². The molecular formula is C26H36O4. The third-order valence-corrected chi connectivity index (χ3v) is 5.00. The first kappa shape index (κ1) is 23.9. The Morgan fingerprint density at radius 2 is 1.47 bits per heavy atom. The Kier molecular flexibility index (Phi) is 11.0. The van der Waals surface area contributed by atoms with E-state index < -0.39 is 5.97 Å². The van der Waals surface area contributed by atoms with Gasteiger partial charge < -0.3 is 14.2 Å². The Morgan fingerprint density at radius 3 is 2.17 bits per heavy atom. The van der Waals surface area contributed by atoms with Crippen LogP contribution in [0.5, 0.6) is 11.5 Å². The van der Waals surface area contributed by atoms with Crippen molar-refractivity contribution in [2.75, 3.05) is 13.2 Å². The second-order valence-corrected chi connectivity index (χ2v) is 7.59. The lowest BCUT2D eigenvalue weighted by atomic mass is 10.1. The van der Waals surface area contributed by atoms with Gasteiger partial charge in [0.2, 0.25) is 0 Å². The lowest BCUT2D eigenvalue weighted by Gasteiger charge is -2.14. The summed E-state index contributed by atoms with van der Waals surface area (Å²) in [5, 5.41) is 0. The lowest BCUT2D eigenvalue weighted by molar-refractivity contribution is 0.0625. The first-order chi connectivity index (χ1) is 14.7. The van der Waals surface area contributed by atoms with E-state index in [9.17, 15) is 4.79 Å². The Balaban J connectivity index is 1.83. The zero-order valence-electron chi connectivity index (χ0n) is 18.7. The van der Waals surface area contributed by atoms with Gasteiger partial charge in [0.25, 0.3) is 0 Å². The first-order valence-electron chi connectivity index (χ1n) is 11.3. The average Bonchev–Trinajstić information content (AvgIpc) is 2.77. The molecule has 0 spiro atoms. The summed E-state index contributed by atoms with van der Waals surface area (Å²) in [6.45, 7) is 7.67. The summed E-state index contributed by atoms with van der Waals surface area (Å²) in [4.78, 5) is 12.5. The number of ether oxygens (including phenoxy) is 3. The van der Waals surface area contributed by atoms with Gasteiger partial charge in [-0.05, 0) is 49.6 Å². The minimum absolute atomic E-state index is 0.00822. The number of carbonyl (C=O) groups excluding carboxylic acids is 1. The van der Waals surface area contributed by atoms with Crippen molar-refractivity contribution in [3.05, 3.63) is 59.7 Å². The Bertz CT molecular complexity index is 739. The van der Waals surface area contributed by atoms with Crippen molar-refractivity contribution >= 4 is 5.97 Å². The van der Waals surface area contributed by atoms with Crippen LogP contribution in [0.3, 0.4) is 0 Å². The first-order valence-corrected chi connectivity index (χ1v) is 11.3. The molecule has 0 aliphatic rings. The molecule has 1 unspecified atom stereocenters. The molecule has 2 rings (SSSR count). The Labute approximate surface area is 181 Å². The van der Waals surface area contributed by atoms with E-state index in [1.807, 2.05) is 44.2 Å². The number of carbonyl (C=O) groups is 1. The van der Waals surface area contributed by atoms with E-state index in [2.05, 4.69) is 6.92 Å². The van der Waals surface area contributed by atoms with Gasteiger partial charge in [-0.25, -0.2) is 4.79 Å². The van der Waals surface area contributed by atoms with Crippen molar-refractivity contribution < 1.29 is 19.0 Å². The molecule has 30 heavy (non-hydrogen) atoms. The Morgan fingerprint density at radius 1 is 0.800 bits per heavy atom. The number of hydrogen-bond acceptors (Lipinski definition) is 4. The van der Waals surface area contributed by atoms with Crippen LogP contribution >= 0.6 is 0 Å². The van der Waals surface area contributed by atoms with Gasteiger partial charge >= 0.3 is 5.97 Å². The van der Waals surface area contributed by atoms with E-state index in [1.54, 1.807) is 18.2 Å². The fourth-order valence-electron chi connectivity index (χ4n) is 3.15. The third kappa shape index (κ3) is 8.19. The van der Waals surface area contributed by atoms with Gasteiger partial charge in [0, 0.05) is 6.61 Å². The maximum atomic E-state index is 12.5. The predicted octanol–water partition coefficient (Wildman–Crippen LogP) is 7.13. The van der Waals surface area contributed by atoms with Crippen LogP contribution in [0.1, 0.15) is 87.7 Å². The van der Waals surface area contributed by atoms with Gasteiger partial charge in [0.15, 0.2) is 11.5 Å². The summed E-state index contributed by atoms with van der Waals surface area (Å²) in [6.07, 6.45) is 8.42. The molecule has 0 N–H and O–H groups in total.